The van der Waals surface area contributed by atoms with Gasteiger partial charge in [-0.3, -0.25) is 0 Å². The van der Waals surface area contributed by atoms with Gasteiger partial charge in [0.05, 0.1) is 10.7 Å². The van der Waals surface area contributed by atoms with Crippen molar-refractivity contribution in [3.63, 3.8) is 0 Å². The van der Waals surface area contributed by atoms with Crippen LogP contribution in [0.5, 0.6) is 0 Å². The molecule has 116 valence electrons. The van der Waals surface area contributed by atoms with Gasteiger partial charge >= 0.3 is 0 Å². The maximum Gasteiger partial charge on any atom is 0.253 e. The molecule has 1 aliphatic heterocycles. The first-order valence-corrected chi connectivity index (χ1v) is 7.85. The molecule has 3 N–H and O–H groups in total. The standard InChI is InChI=1S/C19H16N5/c1-2-15-10-17-4-6-19(22-17)12-24-8-7-23(13-24)11-18-5-3-16(21-18)9-14(1)20-15/h1-13,20-22H/q+1/b16-9-,17-10-,18-11-,19-12-. The van der Waals surface area contributed by atoms with Crippen molar-refractivity contribution in [1.82, 2.24) is 19.5 Å². The number of rotatable bonds is 0. The molecular weight excluding hydrogens is 298 g/mol. The average Bonchev–Trinajstić information content (AvgIpc) is 3.32. The zero-order valence-corrected chi connectivity index (χ0v) is 12.9. The Morgan fingerprint density at radius 2 is 1.38 bits per heavy atom. The third kappa shape index (κ3) is 2.42. The molecule has 5 nitrogen and oxygen atoms in total. The van der Waals surface area contributed by atoms with E-state index in [2.05, 4.69) is 75.9 Å². The summed E-state index contributed by atoms with van der Waals surface area (Å²) in [5.74, 6) is 0. The zero-order chi connectivity index (χ0) is 15.9. The monoisotopic (exact) mass is 314 g/mol. The SMILES string of the molecule is C1=c2/cc/c([nH]2)=C/n2cc[n+](c2)/C=c2/cc/c([nH]2)=C/c2ccc/1[nH]2. The molecule has 8 bridgehead atoms. The predicted octanol–water partition coefficient (Wildman–Crippen LogP) is -0.696. The van der Waals surface area contributed by atoms with Crippen molar-refractivity contribution in [2.24, 2.45) is 0 Å². The van der Waals surface area contributed by atoms with Crippen LogP contribution in [0.2, 0.25) is 0 Å². The second kappa shape index (κ2) is 5.03. The number of nitrogens with one attached hydrogen (secondary N) is 3. The summed E-state index contributed by atoms with van der Waals surface area (Å²) in [4.78, 5) is 10.2. The first-order chi connectivity index (χ1) is 11.8. The Bertz CT molecular complexity index is 1070. The van der Waals surface area contributed by atoms with E-state index in [1.165, 1.54) is 0 Å². The number of nitrogens with zero attached hydrogens (tertiary/aromatic N) is 2. The van der Waals surface area contributed by atoms with E-state index in [1.54, 1.807) is 0 Å². The lowest BCUT2D eigenvalue weighted by Crippen LogP contribution is -2.28. The third-order valence-corrected chi connectivity index (χ3v) is 4.07. The van der Waals surface area contributed by atoms with Gasteiger partial charge in [0.1, 0.15) is 24.8 Å². The van der Waals surface area contributed by atoms with Crippen molar-refractivity contribution in [3.05, 3.63) is 87.9 Å². The van der Waals surface area contributed by atoms with E-state index in [1.807, 2.05) is 27.9 Å². The fourth-order valence-corrected chi connectivity index (χ4v) is 2.97. The van der Waals surface area contributed by atoms with Gasteiger partial charge in [0.2, 0.25) is 0 Å². The van der Waals surface area contributed by atoms with E-state index in [4.69, 9.17) is 0 Å². The minimum atomic E-state index is 1.05. The van der Waals surface area contributed by atoms with E-state index in [-0.39, 0.29) is 0 Å². The Kier molecular flexibility index (Phi) is 2.72. The second-order valence-corrected chi connectivity index (χ2v) is 5.96. The molecule has 0 atom stereocenters. The Hall–Kier alpha value is -3.47. The van der Waals surface area contributed by atoms with Gasteiger partial charge in [-0.2, -0.15) is 0 Å². The first-order valence-electron chi connectivity index (χ1n) is 7.85. The maximum atomic E-state index is 3.41. The highest BCUT2D eigenvalue weighted by atomic mass is 15.1. The van der Waals surface area contributed by atoms with Crippen LogP contribution in [0.15, 0.2) is 55.1 Å². The molecule has 0 aliphatic carbocycles. The van der Waals surface area contributed by atoms with Gasteiger partial charge in [-0.1, -0.05) is 0 Å². The van der Waals surface area contributed by atoms with E-state index >= 15 is 0 Å². The van der Waals surface area contributed by atoms with Crippen LogP contribution < -0.4 is 26.0 Å². The molecule has 0 saturated heterocycles. The summed E-state index contributed by atoms with van der Waals surface area (Å²) >= 11 is 0. The van der Waals surface area contributed by atoms with Crippen molar-refractivity contribution < 1.29 is 4.57 Å². The number of imidazole rings is 1. The molecule has 24 heavy (non-hydrogen) atoms. The van der Waals surface area contributed by atoms with E-state index < -0.39 is 0 Å². The number of H-pyrrole nitrogens is 3. The summed E-state index contributed by atoms with van der Waals surface area (Å²) in [6, 6.07) is 12.5. The van der Waals surface area contributed by atoms with Crippen molar-refractivity contribution in [1.29, 1.82) is 0 Å². The molecule has 0 fully saturated rings. The summed E-state index contributed by atoms with van der Waals surface area (Å²) in [5.41, 5.74) is 2.14. The van der Waals surface area contributed by atoms with Crippen LogP contribution in [0.1, 0.15) is 11.4 Å². The first kappa shape index (κ1) is 13.0. The fourth-order valence-electron chi connectivity index (χ4n) is 2.97. The van der Waals surface area contributed by atoms with Crippen LogP contribution in [0.4, 0.5) is 0 Å². The second-order valence-electron chi connectivity index (χ2n) is 5.96. The molecule has 0 spiro atoms. The lowest BCUT2D eigenvalue weighted by Gasteiger charge is -1.87. The van der Waals surface area contributed by atoms with Crippen LogP contribution in [0, 0.1) is 0 Å². The molecule has 0 unspecified atom stereocenters. The lowest BCUT2D eigenvalue weighted by atomic mass is 10.3. The van der Waals surface area contributed by atoms with Crippen molar-refractivity contribution in [2.75, 3.05) is 0 Å². The molecule has 0 saturated carbocycles. The number of aromatic nitrogens is 5. The van der Waals surface area contributed by atoms with Crippen LogP contribution >= 0.6 is 0 Å². The van der Waals surface area contributed by atoms with Gasteiger partial charge in [-0.05, 0) is 48.6 Å². The molecule has 1 aliphatic rings. The van der Waals surface area contributed by atoms with Crippen molar-refractivity contribution in [3.8, 4) is 0 Å². The average molecular weight is 314 g/mol. The fraction of sp³-hybridized carbons (Fsp3) is 0. The quantitative estimate of drug-likeness (QED) is 0.317. The van der Waals surface area contributed by atoms with E-state index in [0.29, 0.717) is 0 Å². The van der Waals surface area contributed by atoms with Crippen LogP contribution in [0.25, 0.3) is 24.6 Å². The molecule has 0 aromatic carbocycles. The molecule has 0 amide bonds. The summed E-state index contributed by atoms with van der Waals surface area (Å²) in [5, 5.41) is 4.24. The molecule has 4 aromatic rings. The minimum Gasteiger partial charge on any atom is -0.355 e. The Morgan fingerprint density at radius 3 is 2.17 bits per heavy atom. The topological polar surface area (TPSA) is 56.2 Å². The predicted molar refractivity (Wildman–Crippen MR) is 92.4 cm³/mol. The highest BCUT2D eigenvalue weighted by molar-refractivity contribution is 5.52. The Balaban J connectivity index is 1.79. The number of hydrogen-bond donors (Lipinski definition) is 3. The number of fused-ring (bicyclic) bond motifs is 8. The van der Waals surface area contributed by atoms with Crippen LogP contribution in [-0.2, 0) is 0 Å². The molecule has 5 rings (SSSR count). The van der Waals surface area contributed by atoms with Crippen molar-refractivity contribution in [2.45, 2.75) is 0 Å². The van der Waals surface area contributed by atoms with Crippen molar-refractivity contribution >= 4 is 24.6 Å². The lowest BCUT2D eigenvalue weighted by molar-refractivity contribution is -0.568. The van der Waals surface area contributed by atoms with E-state index in [9.17, 15) is 0 Å². The van der Waals surface area contributed by atoms with Gasteiger partial charge in [-0.25, -0.2) is 9.13 Å². The van der Waals surface area contributed by atoms with Gasteiger partial charge in [-0.15, -0.1) is 0 Å². The van der Waals surface area contributed by atoms with Gasteiger partial charge in [0.15, 0.2) is 0 Å². The largest absolute Gasteiger partial charge is 0.355 e. The summed E-state index contributed by atoms with van der Waals surface area (Å²) in [6.45, 7) is 0. The summed E-state index contributed by atoms with van der Waals surface area (Å²) in [7, 11) is 0. The van der Waals surface area contributed by atoms with Gasteiger partial charge in [0, 0.05) is 22.1 Å². The normalized spacial score (nSPS) is 18.3. The molecular formula is C19H16N5+. The summed E-state index contributed by atoms with van der Waals surface area (Å²) < 4.78 is 4.06. The smallest absolute Gasteiger partial charge is 0.253 e. The zero-order valence-electron chi connectivity index (χ0n) is 12.9. The molecule has 5 heterocycles. The number of hydrogen-bond acceptors (Lipinski definition) is 0. The molecule has 5 heteroatoms. The maximum absolute atomic E-state index is 3.41. The Labute approximate surface area is 137 Å². The third-order valence-electron chi connectivity index (χ3n) is 4.07. The van der Waals surface area contributed by atoms with Gasteiger partial charge < -0.3 is 15.0 Å². The molecule has 4 aromatic heterocycles. The molecule has 0 radical (unpaired) electrons. The summed E-state index contributed by atoms with van der Waals surface area (Å²) in [6.07, 6.45) is 14.4. The number of aromatic amines is 3. The van der Waals surface area contributed by atoms with Crippen LogP contribution in [0.3, 0.4) is 0 Å². The highest BCUT2D eigenvalue weighted by Gasteiger charge is 2.00. The van der Waals surface area contributed by atoms with Crippen LogP contribution in [-0.4, -0.2) is 19.5 Å². The minimum absolute atomic E-state index is 1.05. The van der Waals surface area contributed by atoms with E-state index in [0.717, 1.165) is 32.8 Å². The highest BCUT2D eigenvalue weighted by Crippen LogP contribution is 2.02. The van der Waals surface area contributed by atoms with Gasteiger partial charge in [0.25, 0.3) is 6.33 Å². The Morgan fingerprint density at radius 1 is 0.708 bits per heavy atom.